The Balaban J connectivity index is 1.42. The van der Waals surface area contributed by atoms with Crippen LogP contribution in [0.5, 0.6) is 0 Å². The van der Waals surface area contributed by atoms with E-state index in [0.717, 1.165) is 49.2 Å². The number of amides is 1. The highest BCUT2D eigenvalue weighted by Gasteiger charge is 2.44. The van der Waals surface area contributed by atoms with Gasteiger partial charge in [0.2, 0.25) is 15.9 Å². The lowest BCUT2D eigenvalue weighted by Crippen LogP contribution is -2.48. The highest BCUT2D eigenvalue weighted by atomic mass is 32.2. The molecule has 1 amide bonds. The van der Waals surface area contributed by atoms with Crippen molar-refractivity contribution in [3.63, 3.8) is 0 Å². The number of hydrogen-bond donors (Lipinski definition) is 2. The lowest BCUT2D eigenvalue weighted by atomic mass is 9.86. The van der Waals surface area contributed by atoms with Gasteiger partial charge in [-0.05, 0) is 86.0 Å². The van der Waals surface area contributed by atoms with Crippen LogP contribution in [0.25, 0.3) is 0 Å². The van der Waals surface area contributed by atoms with Crippen molar-refractivity contribution in [1.29, 1.82) is 0 Å². The predicted molar refractivity (Wildman–Crippen MR) is 140 cm³/mol. The Morgan fingerprint density at radius 1 is 1.03 bits per heavy atom. The zero-order chi connectivity index (χ0) is 27.3. The average molecular weight is 552 g/mol. The second kappa shape index (κ2) is 12.2. The predicted octanol–water partition coefficient (Wildman–Crippen LogP) is 5.03. The molecule has 2 aromatic carbocycles. The van der Waals surface area contributed by atoms with Crippen LogP contribution in [0.3, 0.4) is 0 Å². The number of hydrogen-bond acceptors (Lipinski definition) is 4. The van der Waals surface area contributed by atoms with E-state index in [2.05, 4.69) is 16.3 Å². The van der Waals surface area contributed by atoms with Crippen LogP contribution in [-0.4, -0.2) is 44.5 Å². The number of fused-ring (bicyclic) bond motifs is 1. The Morgan fingerprint density at radius 3 is 2.37 bits per heavy atom. The molecule has 0 spiro atoms. The molecule has 0 saturated carbocycles. The molecule has 0 aromatic heterocycles. The van der Waals surface area contributed by atoms with E-state index in [0.29, 0.717) is 12.8 Å². The van der Waals surface area contributed by atoms with Gasteiger partial charge in [0.1, 0.15) is 6.04 Å². The minimum absolute atomic E-state index is 0.272. The number of carbonyl (C=O) groups excluding carboxylic acids is 1. The van der Waals surface area contributed by atoms with Crippen LogP contribution >= 0.6 is 0 Å². The monoisotopic (exact) mass is 551 g/mol. The number of benzene rings is 2. The summed E-state index contributed by atoms with van der Waals surface area (Å²) in [6, 6.07) is 8.89. The molecule has 1 heterocycles. The van der Waals surface area contributed by atoms with Gasteiger partial charge in [-0.3, -0.25) is 9.69 Å². The van der Waals surface area contributed by atoms with Gasteiger partial charge in [-0.25, -0.2) is 8.42 Å². The molecule has 0 radical (unpaired) electrons. The fourth-order valence-corrected chi connectivity index (χ4v) is 6.54. The first-order chi connectivity index (χ1) is 18.0. The summed E-state index contributed by atoms with van der Waals surface area (Å²) < 4.78 is 68.4. The third-order valence-electron chi connectivity index (χ3n) is 7.44. The van der Waals surface area contributed by atoms with E-state index in [-0.39, 0.29) is 4.90 Å². The van der Waals surface area contributed by atoms with Crippen LogP contribution in [0.4, 0.5) is 13.2 Å². The second-order valence-electron chi connectivity index (χ2n) is 10.3. The fourth-order valence-electron chi connectivity index (χ4n) is 5.31. The van der Waals surface area contributed by atoms with Gasteiger partial charge < -0.3 is 5.32 Å². The first-order valence-electron chi connectivity index (χ1n) is 13.4. The second-order valence-corrected chi connectivity index (χ2v) is 12.0. The van der Waals surface area contributed by atoms with E-state index in [1.807, 2.05) is 19.1 Å². The third kappa shape index (κ3) is 7.36. The molecule has 4 rings (SSSR count). The molecule has 6 nitrogen and oxygen atoms in total. The van der Waals surface area contributed by atoms with Gasteiger partial charge in [-0.2, -0.15) is 17.9 Å². The number of aryl methyl sites for hydroxylation is 2. The van der Waals surface area contributed by atoms with Crippen molar-refractivity contribution < 1.29 is 26.4 Å². The molecular weight excluding hydrogens is 515 g/mol. The van der Waals surface area contributed by atoms with Gasteiger partial charge in [0.25, 0.3) is 0 Å². The van der Waals surface area contributed by atoms with E-state index >= 15 is 0 Å². The smallest absolute Gasteiger partial charge is 0.349 e. The number of piperidine rings is 1. The molecule has 1 saturated heterocycles. The SMILES string of the molecule is CCc1ccc(S(=O)(=O)N[C@H](CC(=O)N[C@@H]2CCCc3cc(CN4CCCCC4)ccc32)C(F)(F)F)cc1. The summed E-state index contributed by atoms with van der Waals surface area (Å²) in [5.74, 6) is -0.841. The van der Waals surface area contributed by atoms with E-state index in [9.17, 15) is 26.4 Å². The van der Waals surface area contributed by atoms with Gasteiger partial charge >= 0.3 is 6.18 Å². The molecule has 38 heavy (non-hydrogen) atoms. The van der Waals surface area contributed by atoms with Crippen LogP contribution in [-0.2, 0) is 34.2 Å². The van der Waals surface area contributed by atoms with Gasteiger partial charge in [-0.1, -0.05) is 43.7 Å². The summed E-state index contributed by atoms with van der Waals surface area (Å²) in [5, 5.41) is 2.73. The molecule has 1 fully saturated rings. The van der Waals surface area contributed by atoms with Crippen molar-refractivity contribution in [3.05, 3.63) is 64.7 Å². The number of likely N-dealkylation sites (tertiary alicyclic amines) is 1. The minimum atomic E-state index is -4.93. The van der Waals surface area contributed by atoms with Crippen molar-refractivity contribution in [1.82, 2.24) is 14.9 Å². The van der Waals surface area contributed by atoms with E-state index in [1.54, 1.807) is 16.9 Å². The van der Waals surface area contributed by atoms with Gasteiger partial charge in [0, 0.05) is 6.54 Å². The van der Waals surface area contributed by atoms with Crippen molar-refractivity contribution in [3.8, 4) is 0 Å². The van der Waals surface area contributed by atoms with Gasteiger partial charge in [0.05, 0.1) is 17.4 Å². The standard InChI is InChI=1S/C28H36F3N3O3S/c1-2-20-9-12-23(13-10-20)38(36,37)33-26(28(29,30)31)18-27(35)32-25-8-6-7-22-17-21(11-14-24(22)25)19-34-15-4-3-5-16-34/h9-14,17,25-26,33H,2-8,15-16,18-19H2,1H3,(H,32,35)/t25-,26-/m1/s1. The molecule has 2 atom stereocenters. The third-order valence-corrected chi connectivity index (χ3v) is 8.92. The summed E-state index contributed by atoms with van der Waals surface area (Å²) in [7, 11) is -4.47. The van der Waals surface area contributed by atoms with Crippen LogP contribution < -0.4 is 10.0 Å². The maximum Gasteiger partial charge on any atom is 0.405 e. The highest BCUT2D eigenvalue weighted by molar-refractivity contribution is 7.89. The summed E-state index contributed by atoms with van der Waals surface area (Å²) in [5.41, 5.74) is 4.10. The highest BCUT2D eigenvalue weighted by Crippen LogP contribution is 2.32. The van der Waals surface area contributed by atoms with E-state index < -0.39 is 40.6 Å². The summed E-state index contributed by atoms with van der Waals surface area (Å²) in [4.78, 5) is 14.9. The lowest BCUT2D eigenvalue weighted by molar-refractivity contribution is -0.158. The zero-order valence-electron chi connectivity index (χ0n) is 21.7. The topological polar surface area (TPSA) is 78.5 Å². The van der Waals surface area contributed by atoms with Crippen LogP contribution in [0.2, 0.25) is 0 Å². The largest absolute Gasteiger partial charge is 0.405 e. The number of halogens is 3. The Bertz CT molecular complexity index is 1210. The van der Waals surface area contributed by atoms with Gasteiger partial charge in [0.15, 0.2) is 0 Å². The first kappa shape index (κ1) is 28.6. The van der Waals surface area contributed by atoms with Crippen LogP contribution in [0.1, 0.15) is 73.7 Å². The van der Waals surface area contributed by atoms with Crippen molar-refractivity contribution in [2.45, 2.75) is 88.0 Å². The molecule has 2 aromatic rings. The number of nitrogens with one attached hydrogen (secondary N) is 2. The van der Waals surface area contributed by atoms with Crippen LogP contribution in [0.15, 0.2) is 47.4 Å². The zero-order valence-corrected chi connectivity index (χ0v) is 22.5. The number of nitrogens with zero attached hydrogens (tertiary/aromatic N) is 1. The molecule has 10 heteroatoms. The Morgan fingerprint density at radius 2 is 1.71 bits per heavy atom. The van der Waals surface area contributed by atoms with Gasteiger partial charge in [-0.15, -0.1) is 0 Å². The Kier molecular flexibility index (Phi) is 9.15. The maximum atomic E-state index is 13.8. The molecule has 1 aliphatic carbocycles. The number of carbonyl (C=O) groups is 1. The van der Waals surface area contributed by atoms with E-state index in [1.165, 1.54) is 37.0 Å². The number of rotatable bonds is 9. The first-order valence-corrected chi connectivity index (χ1v) is 14.8. The summed E-state index contributed by atoms with van der Waals surface area (Å²) in [6.45, 7) is 4.94. The molecule has 208 valence electrons. The van der Waals surface area contributed by atoms with E-state index in [4.69, 9.17) is 0 Å². The maximum absolute atomic E-state index is 13.8. The lowest BCUT2D eigenvalue weighted by Gasteiger charge is -2.30. The molecule has 1 aliphatic heterocycles. The average Bonchev–Trinajstić information content (AvgIpc) is 2.88. The minimum Gasteiger partial charge on any atom is -0.349 e. The van der Waals surface area contributed by atoms with Crippen molar-refractivity contribution >= 4 is 15.9 Å². The number of alkyl halides is 3. The molecule has 2 aliphatic rings. The number of sulfonamides is 1. The molecular formula is C28H36F3N3O3S. The molecule has 2 N–H and O–H groups in total. The molecule has 0 bridgehead atoms. The Hall–Kier alpha value is -2.43. The quantitative estimate of drug-likeness (QED) is 0.459. The Labute approximate surface area is 223 Å². The summed E-state index contributed by atoms with van der Waals surface area (Å²) >= 11 is 0. The normalized spacial score (nSPS) is 19.5. The fraction of sp³-hybridized carbons (Fsp3) is 0.536. The van der Waals surface area contributed by atoms with Crippen LogP contribution in [0, 0.1) is 0 Å². The molecule has 0 unspecified atom stereocenters. The summed E-state index contributed by atoms with van der Waals surface area (Å²) in [6.07, 6.45) is 0.685. The van der Waals surface area contributed by atoms with Crippen molar-refractivity contribution in [2.75, 3.05) is 13.1 Å². The van der Waals surface area contributed by atoms with Crippen molar-refractivity contribution in [2.24, 2.45) is 0 Å².